The summed E-state index contributed by atoms with van der Waals surface area (Å²) in [6.07, 6.45) is 1.57. The fourth-order valence-electron chi connectivity index (χ4n) is 2.60. The van der Waals surface area contributed by atoms with Crippen LogP contribution in [0.15, 0.2) is 66.9 Å². The normalized spacial score (nSPS) is 10.3. The minimum absolute atomic E-state index is 0.116. The van der Waals surface area contributed by atoms with Crippen molar-refractivity contribution in [1.29, 1.82) is 0 Å². The van der Waals surface area contributed by atoms with Gasteiger partial charge in [-0.25, -0.2) is 9.37 Å². The van der Waals surface area contributed by atoms with Gasteiger partial charge >= 0.3 is 0 Å². The van der Waals surface area contributed by atoms with Gasteiger partial charge in [0.2, 0.25) is 11.8 Å². The molecule has 138 valence electrons. The molecule has 0 saturated carbocycles. The zero-order chi connectivity index (χ0) is 19.2. The molecule has 0 aliphatic carbocycles. The molecule has 0 unspecified atom stereocenters. The molecule has 0 N–H and O–H groups in total. The van der Waals surface area contributed by atoms with E-state index in [2.05, 4.69) is 4.98 Å². The van der Waals surface area contributed by atoms with Crippen LogP contribution in [0.4, 0.5) is 10.1 Å². The number of para-hydroxylation sites is 1. The molecule has 6 heteroatoms. The smallest absolute Gasteiger partial charge is 0.224 e. The molecule has 0 radical (unpaired) electrons. The van der Waals surface area contributed by atoms with Crippen molar-refractivity contribution in [2.75, 3.05) is 12.0 Å². The highest BCUT2D eigenvalue weighted by Gasteiger charge is 2.15. The molecule has 5 nitrogen and oxygen atoms in total. The number of halogens is 1. The predicted octanol–water partition coefficient (Wildman–Crippen LogP) is 4.57. The van der Waals surface area contributed by atoms with Gasteiger partial charge < -0.3 is 14.4 Å². The number of nitrogens with zero attached hydrogens (tertiary/aromatic N) is 2. The molecule has 1 heterocycles. The molecule has 0 spiro atoms. The van der Waals surface area contributed by atoms with E-state index in [1.165, 1.54) is 31.2 Å². The van der Waals surface area contributed by atoms with Crippen LogP contribution >= 0.6 is 0 Å². The summed E-state index contributed by atoms with van der Waals surface area (Å²) >= 11 is 0. The van der Waals surface area contributed by atoms with Crippen LogP contribution < -0.4 is 14.4 Å². The highest BCUT2D eigenvalue weighted by atomic mass is 19.1. The number of benzene rings is 2. The molecule has 27 heavy (non-hydrogen) atoms. The molecule has 0 fully saturated rings. The van der Waals surface area contributed by atoms with Gasteiger partial charge in [-0.1, -0.05) is 18.2 Å². The molecule has 3 aromatic rings. The lowest BCUT2D eigenvalue weighted by molar-refractivity contribution is -0.116. The SMILES string of the molecule is COc1ccccc1CN(C(C)=O)c1ccc(Oc2ccc(F)cc2)nc1. The number of amides is 1. The molecule has 0 saturated heterocycles. The topological polar surface area (TPSA) is 51.7 Å². The van der Waals surface area contributed by atoms with Crippen LogP contribution in [0.2, 0.25) is 0 Å². The number of anilines is 1. The largest absolute Gasteiger partial charge is 0.496 e. The minimum atomic E-state index is -0.334. The van der Waals surface area contributed by atoms with Gasteiger partial charge in [-0.15, -0.1) is 0 Å². The highest BCUT2D eigenvalue weighted by Crippen LogP contribution is 2.25. The summed E-state index contributed by atoms with van der Waals surface area (Å²) in [5, 5.41) is 0. The first-order chi connectivity index (χ1) is 13.1. The molecule has 0 atom stereocenters. The molecule has 1 amide bonds. The van der Waals surface area contributed by atoms with E-state index in [4.69, 9.17) is 9.47 Å². The second-order valence-electron chi connectivity index (χ2n) is 5.83. The van der Waals surface area contributed by atoms with Crippen LogP contribution in [0.1, 0.15) is 12.5 Å². The van der Waals surface area contributed by atoms with Crippen LogP contribution in [-0.2, 0) is 11.3 Å². The standard InChI is InChI=1S/C21H19FN2O3/c1-15(25)24(14-16-5-3-4-6-20(16)26-2)18-9-12-21(23-13-18)27-19-10-7-17(22)8-11-19/h3-13H,14H2,1-2H3. The Morgan fingerprint density at radius 1 is 1.07 bits per heavy atom. The summed E-state index contributed by atoms with van der Waals surface area (Å²) in [7, 11) is 1.60. The minimum Gasteiger partial charge on any atom is -0.496 e. The van der Waals surface area contributed by atoms with Crippen molar-refractivity contribution in [3.8, 4) is 17.4 Å². The van der Waals surface area contributed by atoms with Crippen molar-refractivity contribution in [3.05, 3.63) is 78.2 Å². The van der Waals surface area contributed by atoms with Crippen molar-refractivity contribution in [1.82, 2.24) is 4.98 Å². The number of ether oxygens (including phenoxy) is 2. The van der Waals surface area contributed by atoms with E-state index in [-0.39, 0.29) is 11.7 Å². The van der Waals surface area contributed by atoms with E-state index in [0.29, 0.717) is 29.6 Å². The number of carbonyl (C=O) groups is 1. The first kappa shape index (κ1) is 18.4. The Morgan fingerprint density at radius 2 is 1.81 bits per heavy atom. The fourth-order valence-corrected chi connectivity index (χ4v) is 2.60. The third-order valence-electron chi connectivity index (χ3n) is 3.97. The van der Waals surface area contributed by atoms with Crippen LogP contribution in [0, 0.1) is 5.82 Å². The zero-order valence-corrected chi connectivity index (χ0v) is 15.1. The molecule has 0 bridgehead atoms. The second kappa shape index (κ2) is 8.31. The third-order valence-corrected chi connectivity index (χ3v) is 3.97. The Bertz CT molecular complexity index is 911. The van der Waals surface area contributed by atoms with Crippen LogP contribution in [0.25, 0.3) is 0 Å². The van der Waals surface area contributed by atoms with Gasteiger partial charge in [-0.05, 0) is 36.4 Å². The molecular formula is C21H19FN2O3. The summed E-state index contributed by atoms with van der Waals surface area (Å²) in [5.74, 6) is 1.10. The van der Waals surface area contributed by atoms with Gasteiger partial charge in [0.25, 0.3) is 0 Å². The van der Waals surface area contributed by atoms with Crippen LogP contribution in [0.5, 0.6) is 17.4 Å². The summed E-state index contributed by atoms with van der Waals surface area (Å²) in [6.45, 7) is 1.86. The van der Waals surface area contributed by atoms with Gasteiger partial charge in [0.15, 0.2) is 0 Å². The van der Waals surface area contributed by atoms with Crippen LogP contribution in [0.3, 0.4) is 0 Å². The maximum Gasteiger partial charge on any atom is 0.224 e. The number of pyridine rings is 1. The maximum absolute atomic E-state index is 13.0. The van der Waals surface area contributed by atoms with Gasteiger partial charge in [-0.3, -0.25) is 4.79 Å². The molecule has 1 aromatic heterocycles. The van der Waals surface area contributed by atoms with E-state index < -0.39 is 0 Å². The number of methoxy groups -OCH3 is 1. The third kappa shape index (κ3) is 4.61. The lowest BCUT2D eigenvalue weighted by Gasteiger charge is -2.22. The second-order valence-corrected chi connectivity index (χ2v) is 5.83. The van der Waals surface area contributed by atoms with Gasteiger partial charge in [0.05, 0.1) is 25.5 Å². The molecule has 0 aliphatic rings. The zero-order valence-electron chi connectivity index (χ0n) is 15.1. The number of hydrogen-bond acceptors (Lipinski definition) is 4. The number of carbonyl (C=O) groups excluding carboxylic acids is 1. The summed E-state index contributed by atoms with van der Waals surface area (Å²) in [6, 6.07) is 16.6. The first-order valence-electron chi connectivity index (χ1n) is 8.36. The van der Waals surface area contributed by atoms with E-state index in [0.717, 1.165) is 5.56 Å². The predicted molar refractivity (Wildman–Crippen MR) is 101 cm³/mol. The van der Waals surface area contributed by atoms with Crippen molar-refractivity contribution in [2.45, 2.75) is 13.5 Å². The Hall–Kier alpha value is -3.41. The van der Waals surface area contributed by atoms with Crippen LogP contribution in [-0.4, -0.2) is 18.0 Å². The molecule has 3 rings (SSSR count). The number of hydrogen-bond donors (Lipinski definition) is 0. The van der Waals surface area contributed by atoms with E-state index in [1.54, 1.807) is 30.3 Å². The lowest BCUT2D eigenvalue weighted by atomic mass is 10.1. The maximum atomic E-state index is 13.0. The average Bonchev–Trinajstić information content (AvgIpc) is 2.69. The van der Waals surface area contributed by atoms with Crippen molar-refractivity contribution in [2.24, 2.45) is 0 Å². The average molecular weight is 366 g/mol. The van der Waals surface area contributed by atoms with Crippen molar-refractivity contribution >= 4 is 11.6 Å². The Kier molecular flexibility index (Phi) is 5.66. The van der Waals surface area contributed by atoms with Gasteiger partial charge in [0.1, 0.15) is 17.3 Å². The van der Waals surface area contributed by atoms with E-state index >= 15 is 0 Å². The molecule has 2 aromatic carbocycles. The van der Waals surface area contributed by atoms with Crippen molar-refractivity contribution < 1.29 is 18.7 Å². The van der Waals surface area contributed by atoms with E-state index in [1.807, 2.05) is 24.3 Å². The van der Waals surface area contributed by atoms with E-state index in [9.17, 15) is 9.18 Å². The monoisotopic (exact) mass is 366 g/mol. The van der Waals surface area contributed by atoms with Crippen molar-refractivity contribution in [3.63, 3.8) is 0 Å². The van der Waals surface area contributed by atoms with Gasteiger partial charge in [0, 0.05) is 18.6 Å². The Labute approximate surface area is 157 Å². The number of aromatic nitrogens is 1. The lowest BCUT2D eigenvalue weighted by Crippen LogP contribution is -2.28. The number of rotatable bonds is 6. The quantitative estimate of drug-likeness (QED) is 0.641. The molecular weight excluding hydrogens is 347 g/mol. The van der Waals surface area contributed by atoms with Gasteiger partial charge in [-0.2, -0.15) is 0 Å². The summed E-state index contributed by atoms with van der Waals surface area (Å²) in [5.41, 5.74) is 1.53. The highest BCUT2D eigenvalue weighted by molar-refractivity contribution is 5.91. The summed E-state index contributed by atoms with van der Waals surface area (Å²) in [4.78, 5) is 18.0. The Balaban J connectivity index is 1.78. The first-order valence-corrected chi connectivity index (χ1v) is 8.36. The Morgan fingerprint density at radius 3 is 2.44 bits per heavy atom. The summed E-state index contributed by atoms with van der Waals surface area (Å²) < 4.78 is 23.9. The molecule has 0 aliphatic heterocycles. The fraction of sp³-hybridized carbons (Fsp3) is 0.143.